The molecule has 0 unspecified atom stereocenters. The van der Waals surface area contributed by atoms with Crippen LogP contribution in [0.3, 0.4) is 0 Å². The molecule has 0 aliphatic carbocycles. The van der Waals surface area contributed by atoms with Gasteiger partial charge in [0.1, 0.15) is 0 Å². The van der Waals surface area contributed by atoms with Gasteiger partial charge in [-0.1, -0.05) is 79.4 Å². The van der Waals surface area contributed by atoms with E-state index in [1.54, 1.807) is 6.07 Å². The Morgan fingerprint density at radius 3 is 1.94 bits per heavy atom. The number of allylic oxidation sites excluding steroid dienone is 1. The van der Waals surface area contributed by atoms with Crippen LogP contribution in [-0.2, 0) is 0 Å². The molecule has 6 rings (SSSR count). The molecule has 6 aromatic rings. The molecule has 0 aliphatic heterocycles. The standard InChI is InChI=1S/C31H25BN2O2/c1-3-11-28-24(4-2)25-17-18-26-27-20-21(32(35)36)16-19-29(27)34(23-14-9-6-10-15-23)31(26)30(25)33(28)22-12-7-5-8-13-22/h3-20,35-36H,2H2,1H3/b11-3-. The van der Waals surface area contributed by atoms with Crippen molar-refractivity contribution in [1.29, 1.82) is 0 Å². The molecule has 0 saturated carbocycles. The zero-order valence-electron chi connectivity index (χ0n) is 20.0. The highest BCUT2D eigenvalue weighted by Crippen LogP contribution is 2.41. The maximum atomic E-state index is 9.90. The Morgan fingerprint density at radius 1 is 0.722 bits per heavy atom. The van der Waals surface area contributed by atoms with E-state index in [0.29, 0.717) is 5.46 Å². The summed E-state index contributed by atoms with van der Waals surface area (Å²) in [5, 5.41) is 22.9. The van der Waals surface area contributed by atoms with Crippen molar-refractivity contribution in [3.8, 4) is 11.4 Å². The monoisotopic (exact) mass is 468 g/mol. The van der Waals surface area contributed by atoms with Gasteiger partial charge in [-0.3, -0.25) is 0 Å². The molecule has 0 atom stereocenters. The van der Waals surface area contributed by atoms with Crippen LogP contribution in [0, 0.1) is 0 Å². The molecule has 0 radical (unpaired) electrons. The van der Waals surface area contributed by atoms with Crippen LogP contribution >= 0.6 is 0 Å². The predicted molar refractivity (Wildman–Crippen MR) is 152 cm³/mol. The van der Waals surface area contributed by atoms with E-state index in [4.69, 9.17) is 0 Å². The molecule has 2 heterocycles. The number of aromatic nitrogens is 2. The molecule has 0 saturated heterocycles. The van der Waals surface area contributed by atoms with E-state index in [9.17, 15) is 10.0 Å². The topological polar surface area (TPSA) is 50.3 Å². The van der Waals surface area contributed by atoms with Gasteiger partial charge in [0, 0.05) is 33.1 Å². The summed E-state index contributed by atoms with van der Waals surface area (Å²) >= 11 is 0. The third-order valence-corrected chi connectivity index (χ3v) is 6.81. The molecule has 2 aromatic heterocycles. The van der Waals surface area contributed by atoms with Gasteiger partial charge in [-0.2, -0.15) is 0 Å². The zero-order valence-corrected chi connectivity index (χ0v) is 20.0. The first-order valence-electron chi connectivity index (χ1n) is 12.0. The highest BCUT2D eigenvalue weighted by molar-refractivity contribution is 6.59. The van der Waals surface area contributed by atoms with E-state index < -0.39 is 7.12 Å². The average Bonchev–Trinajstić information content (AvgIpc) is 3.41. The highest BCUT2D eigenvalue weighted by Gasteiger charge is 2.23. The van der Waals surface area contributed by atoms with Crippen LogP contribution in [0.5, 0.6) is 0 Å². The van der Waals surface area contributed by atoms with E-state index in [1.807, 2.05) is 49.4 Å². The van der Waals surface area contributed by atoms with Crippen molar-refractivity contribution in [2.75, 3.05) is 0 Å². The van der Waals surface area contributed by atoms with Gasteiger partial charge in [-0.25, -0.2) is 0 Å². The van der Waals surface area contributed by atoms with Crippen LogP contribution in [0.2, 0.25) is 0 Å². The maximum absolute atomic E-state index is 9.90. The molecule has 174 valence electrons. The zero-order chi connectivity index (χ0) is 24.8. The lowest BCUT2D eigenvalue weighted by atomic mass is 9.80. The first kappa shape index (κ1) is 22.2. The second-order valence-corrected chi connectivity index (χ2v) is 8.85. The van der Waals surface area contributed by atoms with Gasteiger partial charge in [0.2, 0.25) is 0 Å². The summed E-state index contributed by atoms with van der Waals surface area (Å²) in [4.78, 5) is 0. The summed E-state index contributed by atoms with van der Waals surface area (Å²) in [6, 6.07) is 30.6. The van der Waals surface area contributed by atoms with E-state index in [2.05, 4.69) is 76.4 Å². The Kier molecular flexibility index (Phi) is 5.37. The molecule has 5 heteroatoms. The number of hydrogen-bond acceptors (Lipinski definition) is 2. The van der Waals surface area contributed by atoms with Crippen LogP contribution < -0.4 is 5.46 Å². The lowest BCUT2D eigenvalue weighted by molar-refractivity contribution is 0.426. The molecule has 0 aliphatic rings. The van der Waals surface area contributed by atoms with Gasteiger partial charge in [-0.05, 0) is 48.8 Å². The lowest BCUT2D eigenvalue weighted by Gasteiger charge is -2.13. The first-order chi connectivity index (χ1) is 17.6. The minimum Gasteiger partial charge on any atom is -0.423 e. The summed E-state index contributed by atoms with van der Waals surface area (Å²) in [6.07, 6.45) is 6.11. The predicted octanol–water partition coefficient (Wildman–Crippen LogP) is 6.08. The molecular weight excluding hydrogens is 443 g/mol. The van der Waals surface area contributed by atoms with Gasteiger partial charge in [0.25, 0.3) is 0 Å². The van der Waals surface area contributed by atoms with Crippen molar-refractivity contribution in [2.24, 2.45) is 0 Å². The Bertz CT molecular complexity index is 1780. The number of benzene rings is 4. The van der Waals surface area contributed by atoms with E-state index in [0.717, 1.165) is 55.3 Å². The smallest absolute Gasteiger partial charge is 0.423 e. The van der Waals surface area contributed by atoms with Crippen LogP contribution in [-0.4, -0.2) is 26.3 Å². The third-order valence-electron chi connectivity index (χ3n) is 6.81. The summed E-state index contributed by atoms with van der Waals surface area (Å²) < 4.78 is 4.57. The Labute approximate surface area is 209 Å². The SMILES string of the molecule is C=Cc1c(/C=C\C)n(-c2ccccc2)c2c1ccc1c3cc(B(O)O)ccc3n(-c3ccccc3)c12. The molecule has 36 heavy (non-hydrogen) atoms. The molecule has 2 N–H and O–H groups in total. The molecule has 0 fully saturated rings. The second-order valence-electron chi connectivity index (χ2n) is 8.85. The van der Waals surface area contributed by atoms with Crippen LogP contribution in [0.25, 0.3) is 56.2 Å². The van der Waals surface area contributed by atoms with Gasteiger partial charge >= 0.3 is 7.12 Å². The van der Waals surface area contributed by atoms with Gasteiger partial charge in [0.15, 0.2) is 0 Å². The maximum Gasteiger partial charge on any atom is 0.488 e. The summed E-state index contributed by atoms with van der Waals surface area (Å²) in [5.74, 6) is 0. The Balaban J connectivity index is 1.91. The summed E-state index contributed by atoms with van der Waals surface area (Å²) in [5.41, 5.74) is 7.84. The molecule has 0 bridgehead atoms. The normalized spacial score (nSPS) is 11.8. The fraction of sp³-hybridized carbons (Fsp3) is 0.0323. The summed E-state index contributed by atoms with van der Waals surface area (Å²) in [6.45, 7) is 6.18. The van der Waals surface area contributed by atoms with Crippen LogP contribution in [0.4, 0.5) is 0 Å². The Morgan fingerprint density at radius 2 is 1.33 bits per heavy atom. The number of fused-ring (bicyclic) bond motifs is 5. The van der Waals surface area contributed by atoms with Crippen molar-refractivity contribution in [3.63, 3.8) is 0 Å². The Hall–Kier alpha value is -4.32. The van der Waals surface area contributed by atoms with Gasteiger partial charge < -0.3 is 19.2 Å². The third kappa shape index (κ3) is 3.25. The number of hydrogen-bond donors (Lipinski definition) is 2. The fourth-order valence-electron chi connectivity index (χ4n) is 5.32. The largest absolute Gasteiger partial charge is 0.488 e. The van der Waals surface area contributed by atoms with Gasteiger partial charge in [-0.15, -0.1) is 0 Å². The van der Waals surface area contributed by atoms with Crippen LogP contribution in [0.1, 0.15) is 18.2 Å². The molecule has 0 amide bonds. The van der Waals surface area contributed by atoms with E-state index in [-0.39, 0.29) is 0 Å². The second kappa shape index (κ2) is 8.72. The van der Waals surface area contributed by atoms with Crippen molar-refractivity contribution in [2.45, 2.75) is 6.92 Å². The van der Waals surface area contributed by atoms with Crippen molar-refractivity contribution >= 4 is 57.4 Å². The van der Waals surface area contributed by atoms with E-state index >= 15 is 0 Å². The average molecular weight is 468 g/mol. The minimum atomic E-state index is -1.53. The van der Waals surface area contributed by atoms with Crippen molar-refractivity contribution in [1.82, 2.24) is 9.13 Å². The fourth-order valence-corrected chi connectivity index (χ4v) is 5.32. The summed E-state index contributed by atoms with van der Waals surface area (Å²) in [7, 11) is -1.53. The lowest BCUT2D eigenvalue weighted by Crippen LogP contribution is -2.29. The quantitative estimate of drug-likeness (QED) is 0.301. The number of nitrogens with zero attached hydrogens (tertiary/aromatic N) is 2. The molecule has 4 aromatic carbocycles. The van der Waals surface area contributed by atoms with E-state index in [1.165, 1.54) is 0 Å². The molecular formula is C31H25BN2O2. The van der Waals surface area contributed by atoms with Crippen LogP contribution in [0.15, 0.2) is 104 Å². The highest BCUT2D eigenvalue weighted by atomic mass is 16.4. The molecule has 0 spiro atoms. The first-order valence-corrected chi connectivity index (χ1v) is 12.0. The molecule has 4 nitrogen and oxygen atoms in total. The number of para-hydroxylation sites is 2. The number of rotatable bonds is 5. The van der Waals surface area contributed by atoms with Gasteiger partial charge in [0.05, 0.1) is 22.2 Å². The van der Waals surface area contributed by atoms with Crippen molar-refractivity contribution < 1.29 is 10.0 Å². The minimum absolute atomic E-state index is 0.467. The van der Waals surface area contributed by atoms with Crippen molar-refractivity contribution in [3.05, 3.63) is 115 Å².